The summed E-state index contributed by atoms with van der Waals surface area (Å²) in [5, 5.41) is 7.32. The van der Waals surface area contributed by atoms with E-state index in [0.717, 1.165) is 30.2 Å². The van der Waals surface area contributed by atoms with Gasteiger partial charge in [0, 0.05) is 50.2 Å². The van der Waals surface area contributed by atoms with Crippen molar-refractivity contribution in [3.05, 3.63) is 59.2 Å². The minimum Gasteiger partial charge on any atom is -0.495 e. The number of nitrogens with zero attached hydrogens (tertiary/aromatic N) is 5. The number of carbonyl (C=O) groups is 1. The smallest absolute Gasteiger partial charge is 0.265 e. The van der Waals surface area contributed by atoms with Crippen LogP contribution in [0, 0.1) is 0 Å². The van der Waals surface area contributed by atoms with E-state index in [9.17, 15) is 4.79 Å². The van der Waals surface area contributed by atoms with Crippen LogP contribution in [0.4, 0.5) is 28.8 Å². The number of aromatic nitrogens is 2. The van der Waals surface area contributed by atoms with Crippen LogP contribution in [0.1, 0.15) is 16.8 Å². The maximum absolute atomic E-state index is 13.2. The van der Waals surface area contributed by atoms with Crippen molar-refractivity contribution in [3.63, 3.8) is 0 Å². The van der Waals surface area contributed by atoms with Crippen molar-refractivity contribution in [3.8, 4) is 5.75 Å². The van der Waals surface area contributed by atoms with Crippen LogP contribution in [0.2, 0.25) is 5.02 Å². The van der Waals surface area contributed by atoms with Gasteiger partial charge >= 0.3 is 0 Å². The lowest BCUT2D eigenvalue weighted by atomic mass is 10.2. The van der Waals surface area contributed by atoms with Gasteiger partial charge in [0.1, 0.15) is 17.1 Å². The Morgan fingerprint density at radius 1 is 1.20 bits per heavy atom. The van der Waals surface area contributed by atoms with E-state index in [0.29, 0.717) is 46.8 Å². The van der Waals surface area contributed by atoms with Crippen molar-refractivity contribution in [1.29, 1.82) is 0 Å². The third kappa shape index (κ3) is 3.81. The topological polar surface area (TPSA) is 85.9 Å². The molecule has 180 valence electrons. The molecule has 3 aliphatic heterocycles. The predicted molar refractivity (Wildman–Crippen MR) is 137 cm³/mol. The molecule has 1 unspecified atom stereocenters. The Labute approximate surface area is 208 Å². The van der Waals surface area contributed by atoms with Gasteiger partial charge in [-0.15, -0.1) is 0 Å². The van der Waals surface area contributed by atoms with E-state index in [1.807, 2.05) is 42.3 Å². The number of benzene rings is 2. The van der Waals surface area contributed by atoms with Gasteiger partial charge in [-0.3, -0.25) is 9.69 Å². The Morgan fingerprint density at radius 3 is 2.80 bits per heavy atom. The molecule has 4 heterocycles. The largest absolute Gasteiger partial charge is 0.495 e. The quantitative estimate of drug-likeness (QED) is 0.561. The van der Waals surface area contributed by atoms with Crippen molar-refractivity contribution in [2.45, 2.75) is 18.5 Å². The second-order valence-corrected chi connectivity index (χ2v) is 9.52. The molecule has 3 aromatic rings. The van der Waals surface area contributed by atoms with Gasteiger partial charge in [0.25, 0.3) is 5.91 Å². The highest BCUT2D eigenvalue weighted by Gasteiger charge is 2.38. The Morgan fingerprint density at radius 2 is 2.06 bits per heavy atom. The van der Waals surface area contributed by atoms with Crippen LogP contribution >= 0.6 is 11.6 Å². The summed E-state index contributed by atoms with van der Waals surface area (Å²) in [6.45, 7) is 2.34. The number of para-hydroxylation sites is 1. The average Bonchev–Trinajstić information content (AvgIpc) is 3.51. The lowest BCUT2D eigenvalue weighted by Crippen LogP contribution is -2.46. The molecule has 3 aliphatic rings. The Balaban J connectivity index is 1.24. The van der Waals surface area contributed by atoms with Crippen LogP contribution in [-0.2, 0) is 0 Å². The molecule has 2 bridgehead atoms. The fourth-order valence-corrected chi connectivity index (χ4v) is 5.44. The highest BCUT2D eigenvalue weighted by atomic mass is 35.5. The minimum absolute atomic E-state index is 0.182. The van der Waals surface area contributed by atoms with Crippen molar-refractivity contribution in [1.82, 2.24) is 15.3 Å². The van der Waals surface area contributed by atoms with Crippen LogP contribution < -0.4 is 30.1 Å². The molecule has 0 spiro atoms. The molecule has 0 saturated carbocycles. The molecular weight excluding hydrogens is 466 g/mol. The van der Waals surface area contributed by atoms with Crippen molar-refractivity contribution >= 4 is 46.3 Å². The number of anilines is 5. The molecule has 0 aliphatic carbocycles. The van der Waals surface area contributed by atoms with Crippen molar-refractivity contribution in [2.75, 3.05) is 53.9 Å². The number of halogens is 1. The van der Waals surface area contributed by atoms with Gasteiger partial charge in [-0.25, -0.2) is 4.98 Å². The van der Waals surface area contributed by atoms with Crippen LogP contribution in [-0.4, -0.2) is 61.9 Å². The number of fused-ring (bicyclic) bond motifs is 3. The molecule has 2 N–H and O–H groups in total. The second-order valence-electron chi connectivity index (χ2n) is 9.11. The maximum Gasteiger partial charge on any atom is 0.265 e. The molecule has 6 rings (SSSR count). The highest BCUT2D eigenvalue weighted by molar-refractivity contribution is 6.34. The van der Waals surface area contributed by atoms with Crippen molar-refractivity contribution in [2.24, 2.45) is 0 Å². The molecular formula is C25H26ClN7O2. The molecule has 2 aromatic carbocycles. The van der Waals surface area contributed by atoms with E-state index >= 15 is 0 Å². The second kappa shape index (κ2) is 8.58. The fraction of sp³-hybridized carbons (Fsp3) is 0.320. The summed E-state index contributed by atoms with van der Waals surface area (Å²) < 4.78 is 5.72. The summed E-state index contributed by atoms with van der Waals surface area (Å²) in [5.41, 5.74) is 3.00. The summed E-state index contributed by atoms with van der Waals surface area (Å²) >= 11 is 6.34. The monoisotopic (exact) mass is 491 g/mol. The number of rotatable bonds is 5. The lowest BCUT2D eigenvalue weighted by Gasteiger charge is -2.35. The van der Waals surface area contributed by atoms with E-state index in [4.69, 9.17) is 16.3 Å². The third-order valence-corrected chi connectivity index (χ3v) is 7.22. The van der Waals surface area contributed by atoms with Crippen molar-refractivity contribution < 1.29 is 9.53 Å². The van der Waals surface area contributed by atoms with E-state index in [-0.39, 0.29) is 5.91 Å². The van der Waals surface area contributed by atoms with Crippen LogP contribution in [0.15, 0.2) is 48.7 Å². The van der Waals surface area contributed by atoms with E-state index < -0.39 is 0 Å². The zero-order valence-electron chi connectivity index (χ0n) is 19.5. The lowest BCUT2D eigenvalue weighted by molar-refractivity contribution is 0.0982. The summed E-state index contributed by atoms with van der Waals surface area (Å²) in [7, 11) is 3.58. The number of nitrogens with one attached hydrogen (secondary N) is 2. The number of amides is 1. The van der Waals surface area contributed by atoms with Gasteiger partial charge in [-0.05, 0) is 30.7 Å². The number of piperazine rings is 1. The van der Waals surface area contributed by atoms with Gasteiger partial charge in [-0.2, -0.15) is 4.98 Å². The molecule has 1 amide bonds. The van der Waals surface area contributed by atoms with Crippen LogP contribution in [0.3, 0.4) is 0 Å². The summed E-state index contributed by atoms with van der Waals surface area (Å²) in [6, 6.07) is 14.4. The number of carbonyl (C=O) groups excluding carboxylic acids is 1. The Hall–Kier alpha value is -3.56. The molecule has 2 saturated heterocycles. The van der Waals surface area contributed by atoms with E-state index in [1.54, 1.807) is 24.3 Å². The highest BCUT2D eigenvalue weighted by Crippen LogP contribution is 2.38. The molecule has 2 fully saturated rings. The molecule has 1 aromatic heterocycles. The zero-order valence-corrected chi connectivity index (χ0v) is 20.3. The Kier molecular flexibility index (Phi) is 5.38. The first kappa shape index (κ1) is 21.9. The third-order valence-electron chi connectivity index (χ3n) is 6.90. The zero-order chi connectivity index (χ0) is 24.1. The standard InChI is InChI=1S/C25H26ClN7O2/c1-31-14-33(20-6-4-3-5-19(20)26)24(34)18-12-28-25(30-23(18)31)29-15-7-8-21(22(10-15)35-2)32-13-16-9-17(32)11-27-16/h3-8,10,12,16-17,27H,9,11,13-14H2,1-2H3,(H,28,29,30)/t16?,17-/m0/s1. The fourth-order valence-electron chi connectivity index (χ4n) is 5.20. The Bertz CT molecular complexity index is 1300. The first-order chi connectivity index (χ1) is 17.0. The van der Waals surface area contributed by atoms with Gasteiger partial charge in [0.2, 0.25) is 5.95 Å². The molecule has 35 heavy (non-hydrogen) atoms. The first-order valence-corrected chi connectivity index (χ1v) is 12.0. The van der Waals surface area contributed by atoms with Gasteiger partial charge in [-0.1, -0.05) is 23.7 Å². The normalized spacial score (nSPS) is 20.9. The SMILES string of the molecule is COc1cc(Nc2ncc3c(n2)N(C)CN(c2ccccc2Cl)C3=O)ccc1N1CC2C[C@H]1CN2. The summed E-state index contributed by atoms with van der Waals surface area (Å²) in [4.78, 5) is 28.2. The van der Waals surface area contributed by atoms with Gasteiger partial charge < -0.3 is 25.2 Å². The first-order valence-electron chi connectivity index (χ1n) is 11.6. The summed E-state index contributed by atoms with van der Waals surface area (Å²) in [6.07, 6.45) is 2.73. The molecule has 9 nitrogen and oxygen atoms in total. The summed E-state index contributed by atoms with van der Waals surface area (Å²) in [5.74, 6) is 1.61. The van der Waals surface area contributed by atoms with Gasteiger partial charge in [0.15, 0.2) is 0 Å². The molecule has 2 atom stereocenters. The maximum atomic E-state index is 13.2. The number of methoxy groups -OCH3 is 1. The van der Waals surface area contributed by atoms with E-state index in [2.05, 4.69) is 31.6 Å². The van der Waals surface area contributed by atoms with Crippen LogP contribution in [0.5, 0.6) is 5.75 Å². The number of ether oxygens (including phenoxy) is 1. The predicted octanol–water partition coefficient (Wildman–Crippen LogP) is 3.49. The van der Waals surface area contributed by atoms with Gasteiger partial charge in [0.05, 0.1) is 30.2 Å². The van der Waals surface area contributed by atoms with Crippen LogP contribution in [0.25, 0.3) is 0 Å². The van der Waals surface area contributed by atoms with E-state index in [1.165, 1.54) is 6.42 Å². The minimum atomic E-state index is -0.182. The molecule has 10 heteroatoms. The average molecular weight is 492 g/mol. The molecule has 0 radical (unpaired) electrons. The number of hydrogen-bond acceptors (Lipinski definition) is 8. The number of hydrogen-bond donors (Lipinski definition) is 2.